The van der Waals surface area contributed by atoms with Crippen LogP contribution in [-0.2, 0) is 20.9 Å². The first kappa shape index (κ1) is 33.8. The van der Waals surface area contributed by atoms with Crippen LogP contribution in [0, 0.1) is 0 Å². The number of carbonyl (C=O) groups is 2. The van der Waals surface area contributed by atoms with Crippen LogP contribution in [0.1, 0.15) is 11.1 Å². The second-order valence-electron chi connectivity index (χ2n) is 12.6. The lowest BCUT2D eigenvalue weighted by Crippen LogP contribution is -2.64. The first-order valence-corrected chi connectivity index (χ1v) is 20.0. The minimum Gasteiger partial charge on any atom is -0.497 e. The Labute approximate surface area is 307 Å². The van der Waals surface area contributed by atoms with Crippen molar-refractivity contribution in [2.24, 2.45) is 4.99 Å². The molecule has 3 heterocycles. The molecule has 5 aromatic carbocycles. The summed E-state index contributed by atoms with van der Waals surface area (Å²) in [5, 5.41) is 3.24. The molecule has 8 rings (SSSR count). The maximum atomic E-state index is 14.4. The first-order valence-electron chi connectivity index (χ1n) is 17.0. The van der Waals surface area contributed by atoms with E-state index in [0.29, 0.717) is 34.9 Å². The van der Waals surface area contributed by atoms with Gasteiger partial charge in [0.05, 0.1) is 13.3 Å². The minimum absolute atomic E-state index is 0.0570. The van der Waals surface area contributed by atoms with Gasteiger partial charge in [0.2, 0.25) is 6.79 Å². The van der Waals surface area contributed by atoms with Crippen molar-refractivity contribution in [3.8, 4) is 17.2 Å². The van der Waals surface area contributed by atoms with Gasteiger partial charge >= 0.3 is 5.97 Å². The Morgan fingerprint density at radius 1 is 0.846 bits per heavy atom. The fourth-order valence-electron chi connectivity index (χ4n) is 6.93. The number of β-lactam (4-membered cyclic amide) rings is 1. The SMILES string of the molecule is COc1ccc(COC(=O)C2=C(C[P+](c3ccccc3)(c3ccccc3)c3ccccc3)CS[C@@H]3[C@H](N=Cc4ccc5c(c4)OCO5)C(=O)N23)cc1. The van der Waals surface area contributed by atoms with E-state index in [4.69, 9.17) is 23.9 Å². The summed E-state index contributed by atoms with van der Waals surface area (Å²) < 4.78 is 22.3. The van der Waals surface area contributed by atoms with Crippen molar-refractivity contribution in [2.45, 2.75) is 18.0 Å². The van der Waals surface area contributed by atoms with Gasteiger partial charge in [0.1, 0.15) is 46.6 Å². The van der Waals surface area contributed by atoms with Gasteiger partial charge in [-0.05, 0) is 77.9 Å². The maximum Gasteiger partial charge on any atom is 0.355 e. The molecule has 8 nitrogen and oxygen atoms in total. The van der Waals surface area contributed by atoms with E-state index in [0.717, 1.165) is 16.7 Å². The molecule has 0 aromatic heterocycles. The second-order valence-corrected chi connectivity index (χ2v) is 17.2. The summed E-state index contributed by atoms with van der Waals surface area (Å²) in [6.07, 6.45) is 2.26. The standard InChI is InChI=1S/C42H36N2O6PS/c1-47-32-20-17-29(18-21-32)25-48-42(46)39-31(27-52-41-38(40(45)44(39)41)43-24-30-19-22-36-37(23-30)50-28-49-36)26-51(33-11-5-2-6-12-33,34-13-7-3-8-14-34)35-15-9-4-10-16-35/h2-24,38,41H,25-28H2,1H3/q+1/t38-,41-/m1/s1. The minimum atomic E-state index is -2.38. The van der Waals surface area contributed by atoms with E-state index < -0.39 is 19.3 Å². The molecule has 3 aliphatic heterocycles. The molecule has 0 unspecified atom stereocenters. The van der Waals surface area contributed by atoms with Crippen LogP contribution < -0.4 is 30.1 Å². The average Bonchev–Trinajstić information content (AvgIpc) is 3.68. The van der Waals surface area contributed by atoms with E-state index in [1.165, 1.54) is 15.9 Å². The van der Waals surface area contributed by atoms with Crippen molar-refractivity contribution in [3.05, 3.63) is 156 Å². The number of carbonyl (C=O) groups excluding carboxylic acids is 2. The van der Waals surface area contributed by atoms with Crippen molar-refractivity contribution < 1.29 is 28.5 Å². The lowest BCUT2D eigenvalue weighted by molar-refractivity contribution is -0.151. The number of hydrogen-bond donors (Lipinski definition) is 0. The summed E-state index contributed by atoms with van der Waals surface area (Å²) in [5.74, 6) is 1.84. The van der Waals surface area contributed by atoms with Gasteiger partial charge in [0.25, 0.3) is 5.91 Å². The predicted octanol–water partition coefficient (Wildman–Crippen LogP) is 6.12. The number of rotatable bonds is 11. The summed E-state index contributed by atoms with van der Waals surface area (Å²) in [6, 6.07) is 43.9. The predicted molar refractivity (Wildman–Crippen MR) is 207 cm³/mol. The van der Waals surface area contributed by atoms with Crippen molar-refractivity contribution in [2.75, 3.05) is 25.8 Å². The zero-order valence-corrected chi connectivity index (χ0v) is 30.2. The highest BCUT2D eigenvalue weighted by molar-refractivity contribution is 8.00. The summed E-state index contributed by atoms with van der Waals surface area (Å²) >= 11 is 1.64. The number of nitrogens with zero attached hydrogens (tertiary/aromatic N) is 2. The van der Waals surface area contributed by atoms with Gasteiger partial charge in [0.15, 0.2) is 17.5 Å². The highest BCUT2D eigenvalue weighted by Crippen LogP contribution is 2.58. The Kier molecular flexibility index (Phi) is 9.54. The molecule has 260 valence electrons. The van der Waals surface area contributed by atoms with Crippen LogP contribution in [0.15, 0.2) is 150 Å². The molecule has 1 saturated heterocycles. The molecule has 10 heteroatoms. The number of esters is 1. The van der Waals surface area contributed by atoms with Crippen LogP contribution in [0.4, 0.5) is 0 Å². The van der Waals surface area contributed by atoms with Gasteiger partial charge in [-0.25, -0.2) is 4.79 Å². The zero-order chi connectivity index (χ0) is 35.5. The van der Waals surface area contributed by atoms with Crippen molar-refractivity contribution in [1.82, 2.24) is 4.90 Å². The van der Waals surface area contributed by atoms with E-state index in [9.17, 15) is 9.59 Å². The van der Waals surface area contributed by atoms with Gasteiger partial charge in [-0.3, -0.25) is 14.7 Å². The number of thioether (sulfide) groups is 1. The third-order valence-corrected chi connectivity index (χ3v) is 15.3. The number of hydrogen-bond acceptors (Lipinski definition) is 8. The van der Waals surface area contributed by atoms with Crippen LogP contribution in [0.2, 0.25) is 0 Å². The van der Waals surface area contributed by atoms with E-state index >= 15 is 0 Å². The zero-order valence-electron chi connectivity index (χ0n) is 28.5. The van der Waals surface area contributed by atoms with Gasteiger partial charge in [0, 0.05) is 17.5 Å². The molecule has 5 aromatic rings. The molecular weight excluding hydrogens is 692 g/mol. The third-order valence-electron chi connectivity index (χ3n) is 9.54. The van der Waals surface area contributed by atoms with Gasteiger partial charge < -0.3 is 18.9 Å². The molecule has 0 N–H and O–H groups in total. The Balaban J connectivity index is 1.19. The molecule has 1 fully saturated rings. The molecule has 52 heavy (non-hydrogen) atoms. The van der Waals surface area contributed by atoms with E-state index in [1.54, 1.807) is 30.0 Å². The molecule has 3 aliphatic rings. The summed E-state index contributed by atoms with van der Waals surface area (Å²) in [6.45, 7) is 0.237. The van der Waals surface area contributed by atoms with Gasteiger partial charge in [-0.2, -0.15) is 0 Å². The molecule has 0 radical (unpaired) electrons. The van der Waals surface area contributed by atoms with Crippen molar-refractivity contribution in [1.29, 1.82) is 0 Å². The number of methoxy groups -OCH3 is 1. The summed E-state index contributed by atoms with van der Waals surface area (Å²) in [7, 11) is -0.773. The number of ether oxygens (including phenoxy) is 4. The molecule has 2 atom stereocenters. The molecule has 1 amide bonds. The Hall–Kier alpha value is -5.37. The van der Waals surface area contributed by atoms with Crippen LogP contribution in [-0.4, -0.2) is 60.2 Å². The van der Waals surface area contributed by atoms with Gasteiger partial charge in [-0.15, -0.1) is 11.8 Å². The monoisotopic (exact) mass is 727 g/mol. The Morgan fingerprint density at radius 3 is 2.08 bits per heavy atom. The average molecular weight is 728 g/mol. The lowest BCUT2D eigenvalue weighted by Gasteiger charge is -2.48. The maximum absolute atomic E-state index is 14.4. The summed E-state index contributed by atoms with van der Waals surface area (Å²) in [5.41, 5.74) is 2.83. The van der Waals surface area contributed by atoms with Crippen LogP contribution in [0.5, 0.6) is 17.2 Å². The van der Waals surface area contributed by atoms with Crippen molar-refractivity contribution >= 4 is 53.0 Å². The third kappa shape index (κ3) is 6.35. The fourth-order valence-corrected chi connectivity index (χ4v) is 12.7. The normalized spacial score (nSPS) is 17.9. The van der Waals surface area contributed by atoms with E-state index in [2.05, 4.69) is 72.8 Å². The van der Waals surface area contributed by atoms with Crippen LogP contribution in [0.3, 0.4) is 0 Å². The number of fused-ring (bicyclic) bond motifs is 2. The fraction of sp³-hybridized carbons (Fsp3) is 0.167. The molecule has 0 saturated carbocycles. The molecule has 0 spiro atoms. The van der Waals surface area contributed by atoms with Gasteiger partial charge in [-0.1, -0.05) is 66.7 Å². The topological polar surface area (TPSA) is 86.7 Å². The van der Waals surface area contributed by atoms with E-state index in [-0.39, 0.29) is 24.7 Å². The quantitative estimate of drug-likeness (QED) is 0.0702. The van der Waals surface area contributed by atoms with Crippen molar-refractivity contribution in [3.63, 3.8) is 0 Å². The van der Waals surface area contributed by atoms with E-state index in [1.807, 2.05) is 60.7 Å². The number of aliphatic imine (C=N–C) groups is 1. The highest BCUT2D eigenvalue weighted by Gasteiger charge is 2.56. The van der Waals surface area contributed by atoms with Crippen LogP contribution in [0.25, 0.3) is 0 Å². The molecule has 0 aliphatic carbocycles. The smallest absolute Gasteiger partial charge is 0.355 e. The number of amides is 1. The number of benzene rings is 5. The Morgan fingerprint density at radius 2 is 1.46 bits per heavy atom. The largest absolute Gasteiger partial charge is 0.497 e. The summed E-state index contributed by atoms with van der Waals surface area (Å²) in [4.78, 5) is 34.8. The molecule has 0 bridgehead atoms. The lowest BCUT2D eigenvalue weighted by atomic mass is 10.0. The molecular formula is C42H36N2O6PS+. The second kappa shape index (κ2) is 14.7. The Bertz CT molecular complexity index is 2050. The van der Waals surface area contributed by atoms with Crippen LogP contribution >= 0.6 is 19.0 Å². The first-order chi connectivity index (χ1) is 25.5. The highest BCUT2D eigenvalue weighted by atomic mass is 32.2.